The Morgan fingerprint density at radius 1 is 0.975 bits per heavy atom. The van der Waals surface area contributed by atoms with E-state index in [4.69, 9.17) is 21.1 Å². The molecular weight excluding hydrogens is 662 g/mol. The van der Waals surface area contributed by atoms with E-state index in [0.29, 0.717) is 32.1 Å². The number of methoxy groups -OCH3 is 1. The molecule has 0 unspecified atom stereocenters. The second-order valence-electron chi connectivity index (χ2n) is 8.55. The Hall–Kier alpha value is -3.92. The highest BCUT2D eigenvalue weighted by molar-refractivity contribution is 9.11. The van der Waals surface area contributed by atoms with Crippen LogP contribution in [0, 0.1) is 0 Å². The molecule has 5 rings (SSSR count). The van der Waals surface area contributed by atoms with Crippen LogP contribution in [0.2, 0.25) is 5.02 Å². The highest BCUT2D eigenvalue weighted by atomic mass is 79.9. The Labute approximate surface area is 251 Å². The molecule has 0 aliphatic rings. The molecular formula is C30H20Br2ClN3O4. The molecule has 0 aliphatic heterocycles. The molecule has 0 saturated carbocycles. The first-order valence-corrected chi connectivity index (χ1v) is 13.9. The number of hydrogen-bond acceptors (Lipinski definition) is 5. The number of halogens is 3. The molecule has 10 heteroatoms. The molecule has 5 aromatic rings. The van der Waals surface area contributed by atoms with Gasteiger partial charge in [-0.25, -0.2) is 10.2 Å². The summed E-state index contributed by atoms with van der Waals surface area (Å²) in [6.07, 6.45) is 1.41. The first-order valence-electron chi connectivity index (χ1n) is 11.9. The maximum Gasteiger partial charge on any atom is 0.343 e. The number of amides is 1. The molecule has 1 heterocycles. The maximum absolute atomic E-state index is 13.4. The van der Waals surface area contributed by atoms with Gasteiger partial charge in [0.15, 0.2) is 5.75 Å². The Morgan fingerprint density at radius 3 is 2.45 bits per heavy atom. The van der Waals surface area contributed by atoms with E-state index >= 15 is 0 Å². The molecule has 0 radical (unpaired) electrons. The zero-order valence-electron chi connectivity index (χ0n) is 20.9. The molecule has 0 aliphatic carbocycles. The van der Waals surface area contributed by atoms with Crippen molar-refractivity contribution in [1.82, 2.24) is 10.4 Å². The lowest BCUT2D eigenvalue weighted by atomic mass is 10.0. The van der Waals surface area contributed by atoms with Crippen LogP contribution >= 0.6 is 43.5 Å². The summed E-state index contributed by atoms with van der Waals surface area (Å²) in [6, 6.07) is 25.0. The summed E-state index contributed by atoms with van der Waals surface area (Å²) in [6.45, 7) is 0. The lowest BCUT2D eigenvalue weighted by Crippen LogP contribution is -2.19. The van der Waals surface area contributed by atoms with Crippen LogP contribution in [0.15, 0.2) is 99.0 Å². The summed E-state index contributed by atoms with van der Waals surface area (Å²) in [5.74, 6) is -0.100. The van der Waals surface area contributed by atoms with E-state index in [0.717, 1.165) is 26.5 Å². The predicted octanol–water partition coefficient (Wildman–Crippen LogP) is 8.01. The average Bonchev–Trinajstić information content (AvgIpc) is 3.34. The van der Waals surface area contributed by atoms with Crippen molar-refractivity contribution in [3.63, 3.8) is 0 Å². The average molecular weight is 682 g/mol. The fourth-order valence-corrected chi connectivity index (χ4v) is 5.58. The van der Waals surface area contributed by atoms with Crippen molar-refractivity contribution < 1.29 is 19.1 Å². The number of rotatable bonds is 7. The third kappa shape index (κ3) is 5.96. The van der Waals surface area contributed by atoms with E-state index in [2.05, 4.69) is 47.4 Å². The Bertz CT molecular complexity index is 1750. The minimum absolute atomic E-state index is 0.240. The number of esters is 1. The van der Waals surface area contributed by atoms with Gasteiger partial charge < -0.3 is 14.5 Å². The summed E-state index contributed by atoms with van der Waals surface area (Å²) in [5, 5.41) is 5.52. The second-order valence-corrected chi connectivity index (χ2v) is 10.8. The highest BCUT2D eigenvalue weighted by Gasteiger charge is 2.20. The number of carbonyl (C=O) groups is 2. The van der Waals surface area contributed by atoms with Gasteiger partial charge in [-0.05, 0) is 76.1 Å². The monoisotopic (exact) mass is 679 g/mol. The summed E-state index contributed by atoms with van der Waals surface area (Å²) in [5.41, 5.74) is 6.09. The van der Waals surface area contributed by atoms with Gasteiger partial charge in [0, 0.05) is 31.5 Å². The van der Waals surface area contributed by atoms with Gasteiger partial charge in [0.2, 0.25) is 0 Å². The number of hydrazone groups is 1. The molecule has 1 amide bonds. The number of H-pyrrole nitrogens is 1. The van der Waals surface area contributed by atoms with Gasteiger partial charge in [0.1, 0.15) is 11.4 Å². The third-order valence-electron chi connectivity index (χ3n) is 5.98. The number of carbonyl (C=O) groups excluding carboxylic acids is 2. The normalized spacial score (nSPS) is 11.1. The quantitative estimate of drug-likeness (QED) is 0.0788. The number of ether oxygens (including phenoxy) is 2. The van der Waals surface area contributed by atoms with E-state index in [1.807, 2.05) is 48.5 Å². The smallest absolute Gasteiger partial charge is 0.343 e. The minimum atomic E-state index is -0.570. The summed E-state index contributed by atoms with van der Waals surface area (Å²) >= 11 is 12.8. The SMILES string of the molecule is COc1ccc2[nH]c(C(=O)NN=Cc3cc(Br)cc(Br)c3OC(=O)c3ccc(Cl)cc3)c(-c3ccccc3)c2c1. The van der Waals surface area contributed by atoms with Crippen LogP contribution in [0.3, 0.4) is 0 Å². The molecule has 0 bridgehead atoms. The van der Waals surface area contributed by atoms with Crippen molar-refractivity contribution in [3.05, 3.63) is 116 Å². The molecule has 4 aromatic carbocycles. The Kier molecular flexibility index (Phi) is 8.35. The van der Waals surface area contributed by atoms with Crippen molar-refractivity contribution in [3.8, 4) is 22.6 Å². The lowest BCUT2D eigenvalue weighted by Gasteiger charge is -2.11. The van der Waals surface area contributed by atoms with E-state index < -0.39 is 11.9 Å². The fraction of sp³-hybridized carbons (Fsp3) is 0.0333. The fourth-order valence-electron chi connectivity index (χ4n) is 4.11. The molecule has 2 N–H and O–H groups in total. The first kappa shape index (κ1) is 27.6. The maximum atomic E-state index is 13.4. The van der Waals surface area contributed by atoms with Gasteiger partial charge >= 0.3 is 5.97 Å². The summed E-state index contributed by atoms with van der Waals surface area (Å²) in [4.78, 5) is 29.3. The Balaban J connectivity index is 1.44. The minimum Gasteiger partial charge on any atom is -0.497 e. The highest BCUT2D eigenvalue weighted by Crippen LogP contribution is 2.35. The van der Waals surface area contributed by atoms with E-state index in [-0.39, 0.29) is 5.75 Å². The van der Waals surface area contributed by atoms with Gasteiger partial charge in [-0.15, -0.1) is 0 Å². The topological polar surface area (TPSA) is 92.8 Å². The molecule has 7 nitrogen and oxygen atoms in total. The molecule has 0 saturated heterocycles. The largest absolute Gasteiger partial charge is 0.497 e. The van der Waals surface area contributed by atoms with Gasteiger partial charge in [-0.2, -0.15) is 5.10 Å². The van der Waals surface area contributed by atoms with Crippen molar-refractivity contribution in [1.29, 1.82) is 0 Å². The van der Waals surface area contributed by atoms with Crippen LogP contribution in [0.4, 0.5) is 0 Å². The van der Waals surface area contributed by atoms with E-state index in [1.54, 1.807) is 43.5 Å². The van der Waals surface area contributed by atoms with Crippen LogP contribution in [-0.4, -0.2) is 30.2 Å². The number of nitrogens with zero attached hydrogens (tertiary/aromatic N) is 1. The first-order chi connectivity index (χ1) is 19.3. The van der Waals surface area contributed by atoms with Gasteiger partial charge in [0.05, 0.1) is 23.4 Å². The summed E-state index contributed by atoms with van der Waals surface area (Å²) in [7, 11) is 1.60. The molecule has 0 atom stereocenters. The van der Waals surface area contributed by atoms with Gasteiger partial charge in [-0.3, -0.25) is 4.79 Å². The molecule has 0 spiro atoms. The number of aromatic amines is 1. The zero-order valence-corrected chi connectivity index (χ0v) is 24.8. The van der Waals surface area contributed by atoms with Gasteiger partial charge in [-0.1, -0.05) is 57.9 Å². The van der Waals surface area contributed by atoms with E-state index in [1.165, 1.54) is 6.21 Å². The molecule has 200 valence electrons. The van der Waals surface area contributed by atoms with Crippen molar-refractivity contribution in [2.75, 3.05) is 7.11 Å². The van der Waals surface area contributed by atoms with Crippen molar-refractivity contribution in [2.45, 2.75) is 0 Å². The van der Waals surface area contributed by atoms with Crippen LogP contribution in [0.25, 0.3) is 22.0 Å². The van der Waals surface area contributed by atoms with Crippen molar-refractivity contribution in [2.24, 2.45) is 5.10 Å². The zero-order chi connectivity index (χ0) is 28.2. The third-order valence-corrected chi connectivity index (χ3v) is 7.28. The van der Waals surface area contributed by atoms with Crippen LogP contribution in [0.5, 0.6) is 11.5 Å². The standard InChI is InChI=1S/C30H20Br2ClN3O4/c1-39-22-11-12-25-23(15-22)26(17-5-3-2-4-6-17)27(35-25)29(37)36-34-16-19-13-20(31)14-24(32)28(19)40-30(38)18-7-9-21(33)10-8-18/h2-16,35H,1H3,(H,36,37). The lowest BCUT2D eigenvalue weighted by molar-refractivity contribution is 0.0733. The molecule has 0 fully saturated rings. The number of benzene rings is 4. The molecule has 40 heavy (non-hydrogen) atoms. The van der Waals surface area contributed by atoms with Gasteiger partial charge in [0.25, 0.3) is 5.91 Å². The molecule has 1 aromatic heterocycles. The van der Waals surface area contributed by atoms with Crippen molar-refractivity contribution >= 4 is 72.5 Å². The summed E-state index contributed by atoms with van der Waals surface area (Å²) < 4.78 is 12.3. The second kappa shape index (κ2) is 12.1. The van der Waals surface area contributed by atoms with Crippen LogP contribution in [-0.2, 0) is 0 Å². The van der Waals surface area contributed by atoms with Crippen LogP contribution in [0.1, 0.15) is 26.4 Å². The number of hydrogen-bond donors (Lipinski definition) is 2. The Morgan fingerprint density at radius 2 is 1.73 bits per heavy atom. The predicted molar refractivity (Wildman–Crippen MR) is 164 cm³/mol. The number of aromatic nitrogens is 1. The van der Waals surface area contributed by atoms with Crippen LogP contribution < -0.4 is 14.9 Å². The number of nitrogens with one attached hydrogen (secondary N) is 2. The number of fused-ring (bicyclic) bond motifs is 1. The van der Waals surface area contributed by atoms with E-state index in [9.17, 15) is 9.59 Å².